The van der Waals surface area contributed by atoms with Gasteiger partial charge in [-0.25, -0.2) is 0 Å². The molecule has 2 nitrogen and oxygen atoms in total. The van der Waals surface area contributed by atoms with E-state index in [4.69, 9.17) is 11.6 Å². The summed E-state index contributed by atoms with van der Waals surface area (Å²) in [6.45, 7) is 10.4. The summed E-state index contributed by atoms with van der Waals surface area (Å²) in [6, 6.07) is 4.08. The zero-order valence-electron chi connectivity index (χ0n) is 12.0. The van der Waals surface area contributed by atoms with E-state index < -0.39 is 0 Å². The topological polar surface area (TPSA) is 15.3 Å². The molecule has 4 heteroatoms. The average molecular weight is 301 g/mol. The summed E-state index contributed by atoms with van der Waals surface area (Å²) in [5, 5.41) is 3.51. The first-order valence-corrected chi connectivity index (χ1v) is 8.52. The molecule has 1 aromatic heterocycles. The summed E-state index contributed by atoms with van der Waals surface area (Å²) >= 11 is 7.58. The lowest BCUT2D eigenvalue weighted by Crippen LogP contribution is -2.39. The Bertz CT molecular complexity index is 370. The molecule has 0 bridgehead atoms. The van der Waals surface area contributed by atoms with Crippen molar-refractivity contribution in [2.45, 2.75) is 33.2 Å². The maximum absolute atomic E-state index is 5.92. The van der Waals surface area contributed by atoms with Gasteiger partial charge in [0, 0.05) is 24.5 Å². The van der Waals surface area contributed by atoms with Crippen molar-refractivity contribution in [3.8, 4) is 0 Å². The van der Waals surface area contributed by atoms with Crippen molar-refractivity contribution in [2.24, 2.45) is 11.8 Å². The second kappa shape index (κ2) is 7.63. The van der Waals surface area contributed by atoms with Crippen LogP contribution >= 0.6 is 22.9 Å². The monoisotopic (exact) mass is 300 g/mol. The van der Waals surface area contributed by atoms with Gasteiger partial charge in [-0.3, -0.25) is 0 Å². The SMILES string of the molecule is CC(C)C1CCN(CCNCc2ccc(Cl)s2)CC1. The van der Waals surface area contributed by atoms with Gasteiger partial charge in [-0.05, 0) is 49.9 Å². The Balaban J connectivity index is 1.57. The Hall–Kier alpha value is -0.0900. The second-order valence-electron chi connectivity index (χ2n) is 5.81. The van der Waals surface area contributed by atoms with Crippen LogP contribution in [0.2, 0.25) is 4.34 Å². The van der Waals surface area contributed by atoms with Crippen LogP contribution in [-0.4, -0.2) is 31.1 Å². The molecule has 0 unspecified atom stereocenters. The summed E-state index contributed by atoms with van der Waals surface area (Å²) in [5.41, 5.74) is 0. The third-order valence-corrected chi connectivity index (χ3v) is 5.34. The minimum Gasteiger partial charge on any atom is -0.311 e. The van der Waals surface area contributed by atoms with Crippen LogP contribution in [0.15, 0.2) is 12.1 Å². The number of hydrogen-bond donors (Lipinski definition) is 1. The summed E-state index contributed by atoms with van der Waals surface area (Å²) < 4.78 is 0.882. The molecule has 0 saturated carbocycles. The van der Waals surface area contributed by atoms with Gasteiger partial charge in [0.2, 0.25) is 0 Å². The lowest BCUT2D eigenvalue weighted by Gasteiger charge is -2.33. The molecular formula is C15H25ClN2S. The van der Waals surface area contributed by atoms with Gasteiger partial charge < -0.3 is 10.2 Å². The number of piperidine rings is 1. The van der Waals surface area contributed by atoms with Crippen molar-refractivity contribution < 1.29 is 0 Å². The van der Waals surface area contributed by atoms with E-state index in [1.165, 1.54) is 37.4 Å². The number of nitrogens with one attached hydrogen (secondary N) is 1. The van der Waals surface area contributed by atoms with Crippen molar-refractivity contribution in [1.82, 2.24) is 10.2 Å². The van der Waals surface area contributed by atoms with Crippen molar-refractivity contribution in [3.05, 3.63) is 21.3 Å². The molecule has 108 valence electrons. The van der Waals surface area contributed by atoms with Gasteiger partial charge >= 0.3 is 0 Å². The van der Waals surface area contributed by atoms with E-state index >= 15 is 0 Å². The Labute approximate surface area is 126 Å². The highest BCUT2D eigenvalue weighted by atomic mass is 35.5. The lowest BCUT2D eigenvalue weighted by atomic mass is 9.87. The normalized spacial score (nSPS) is 18.3. The van der Waals surface area contributed by atoms with Gasteiger partial charge in [0.05, 0.1) is 4.34 Å². The highest BCUT2D eigenvalue weighted by molar-refractivity contribution is 7.16. The van der Waals surface area contributed by atoms with E-state index in [1.807, 2.05) is 6.07 Å². The molecule has 19 heavy (non-hydrogen) atoms. The van der Waals surface area contributed by atoms with Crippen LogP contribution < -0.4 is 5.32 Å². The molecular weight excluding hydrogens is 276 g/mol. The molecule has 1 aromatic rings. The molecule has 0 spiro atoms. The fraction of sp³-hybridized carbons (Fsp3) is 0.733. The Morgan fingerprint density at radius 1 is 1.37 bits per heavy atom. The first-order valence-electron chi connectivity index (χ1n) is 7.32. The first kappa shape index (κ1) is 15.3. The van der Waals surface area contributed by atoms with Gasteiger partial charge in [-0.2, -0.15) is 0 Å². The van der Waals surface area contributed by atoms with Crippen LogP contribution in [0, 0.1) is 11.8 Å². The Morgan fingerprint density at radius 2 is 2.11 bits per heavy atom. The molecule has 1 aliphatic heterocycles. The van der Waals surface area contributed by atoms with Gasteiger partial charge in [0.15, 0.2) is 0 Å². The maximum Gasteiger partial charge on any atom is 0.0931 e. The predicted molar refractivity (Wildman–Crippen MR) is 85.0 cm³/mol. The summed E-state index contributed by atoms with van der Waals surface area (Å²) in [4.78, 5) is 3.91. The fourth-order valence-corrected chi connectivity index (χ4v) is 3.80. The molecule has 0 aliphatic carbocycles. The van der Waals surface area contributed by atoms with Crippen molar-refractivity contribution in [2.75, 3.05) is 26.2 Å². The number of halogens is 1. The standard InChI is InChI=1S/C15H25ClN2S/c1-12(2)13-5-8-18(9-6-13)10-7-17-11-14-3-4-15(16)19-14/h3-4,12-13,17H,5-11H2,1-2H3. The predicted octanol–water partition coefficient (Wildman–Crippen LogP) is 3.86. The molecule has 2 heterocycles. The molecule has 1 fully saturated rings. The minimum absolute atomic E-state index is 0.851. The van der Waals surface area contributed by atoms with Gasteiger partial charge in [-0.1, -0.05) is 25.4 Å². The lowest BCUT2D eigenvalue weighted by molar-refractivity contribution is 0.158. The smallest absolute Gasteiger partial charge is 0.0931 e. The molecule has 1 N–H and O–H groups in total. The minimum atomic E-state index is 0.851. The number of likely N-dealkylation sites (tertiary alicyclic amines) is 1. The summed E-state index contributed by atoms with van der Waals surface area (Å²) in [6.07, 6.45) is 2.75. The summed E-state index contributed by atoms with van der Waals surface area (Å²) in [7, 11) is 0. The van der Waals surface area contributed by atoms with Crippen LogP contribution in [0.25, 0.3) is 0 Å². The Morgan fingerprint density at radius 3 is 2.68 bits per heavy atom. The molecule has 0 amide bonds. The average Bonchev–Trinajstić information content (AvgIpc) is 2.81. The molecule has 1 saturated heterocycles. The zero-order chi connectivity index (χ0) is 13.7. The number of rotatable bonds is 6. The third kappa shape index (κ3) is 5.07. The van der Waals surface area contributed by atoms with E-state index in [1.54, 1.807) is 11.3 Å². The highest BCUT2D eigenvalue weighted by Gasteiger charge is 2.20. The molecule has 0 radical (unpaired) electrons. The van der Waals surface area contributed by atoms with Crippen LogP contribution in [0.4, 0.5) is 0 Å². The van der Waals surface area contributed by atoms with E-state index in [-0.39, 0.29) is 0 Å². The number of thiophene rings is 1. The first-order chi connectivity index (χ1) is 9.15. The van der Waals surface area contributed by atoms with Crippen LogP contribution in [-0.2, 0) is 6.54 Å². The largest absolute Gasteiger partial charge is 0.311 e. The third-order valence-electron chi connectivity index (χ3n) is 4.11. The summed E-state index contributed by atoms with van der Waals surface area (Å²) in [5.74, 6) is 1.79. The van der Waals surface area contributed by atoms with E-state index in [2.05, 4.69) is 30.1 Å². The van der Waals surface area contributed by atoms with Crippen molar-refractivity contribution in [1.29, 1.82) is 0 Å². The van der Waals surface area contributed by atoms with Gasteiger partial charge in [0.1, 0.15) is 0 Å². The molecule has 2 rings (SSSR count). The van der Waals surface area contributed by atoms with Gasteiger partial charge in [-0.15, -0.1) is 11.3 Å². The Kier molecular flexibility index (Phi) is 6.14. The highest BCUT2D eigenvalue weighted by Crippen LogP contribution is 2.24. The quantitative estimate of drug-likeness (QED) is 0.803. The van der Waals surface area contributed by atoms with E-state index in [0.29, 0.717) is 0 Å². The van der Waals surface area contributed by atoms with E-state index in [0.717, 1.165) is 29.3 Å². The zero-order valence-corrected chi connectivity index (χ0v) is 13.6. The van der Waals surface area contributed by atoms with Crippen LogP contribution in [0.5, 0.6) is 0 Å². The molecule has 0 aromatic carbocycles. The van der Waals surface area contributed by atoms with E-state index in [9.17, 15) is 0 Å². The number of nitrogens with zero attached hydrogens (tertiary/aromatic N) is 1. The second-order valence-corrected chi connectivity index (χ2v) is 7.61. The maximum atomic E-state index is 5.92. The van der Waals surface area contributed by atoms with Crippen LogP contribution in [0.1, 0.15) is 31.6 Å². The van der Waals surface area contributed by atoms with Crippen molar-refractivity contribution in [3.63, 3.8) is 0 Å². The fourth-order valence-electron chi connectivity index (χ4n) is 2.74. The molecule has 0 atom stereocenters. The van der Waals surface area contributed by atoms with Crippen LogP contribution in [0.3, 0.4) is 0 Å². The molecule has 1 aliphatic rings. The van der Waals surface area contributed by atoms with Crippen molar-refractivity contribution >= 4 is 22.9 Å². The van der Waals surface area contributed by atoms with Gasteiger partial charge in [0.25, 0.3) is 0 Å². The number of hydrogen-bond acceptors (Lipinski definition) is 3.